The molecular weight excluding hydrogens is 362 g/mol. The van der Waals surface area contributed by atoms with Gasteiger partial charge in [0.1, 0.15) is 11.5 Å². The minimum Gasteiger partial charge on any atom is -0.497 e. The van der Waals surface area contributed by atoms with Crippen LogP contribution in [0.5, 0.6) is 28.7 Å². The molecule has 0 radical (unpaired) electrons. The maximum absolute atomic E-state index is 12.6. The molecule has 0 aliphatic rings. The van der Waals surface area contributed by atoms with Gasteiger partial charge in [-0.25, -0.2) is 0 Å². The molecule has 0 aliphatic carbocycles. The second-order valence-electron chi connectivity index (χ2n) is 5.95. The van der Waals surface area contributed by atoms with E-state index in [1.165, 1.54) is 0 Å². The van der Waals surface area contributed by atoms with Crippen molar-refractivity contribution < 1.29 is 28.5 Å². The second-order valence-corrected chi connectivity index (χ2v) is 5.95. The lowest BCUT2D eigenvalue weighted by molar-refractivity contribution is -0.128. The Morgan fingerprint density at radius 2 is 1.57 bits per heavy atom. The van der Waals surface area contributed by atoms with Crippen molar-refractivity contribution in [1.29, 1.82) is 0 Å². The molecule has 28 heavy (non-hydrogen) atoms. The van der Waals surface area contributed by atoms with Gasteiger partial charge in [0.15, 0.2) is 17.6 Å². The van der Waals surface area contributed by atoms with Crippen LogP contribution in [0.2, 0.25) is 0 Å². The highest BCUT2D eigenvalue weighted by atomic mass is 16.5. The number of nitrogens with one attached hydrogen (secondary N) is 1. The van der Waals surface area contributed by atoms with E-state index in [9.17, 15) is 4.79 Å². The van der Waals surface area contributed by atoms with E-state index in [1.807, 2.05) is 19.1 Å². The number of hydrogen-bond donors (Lipinski definition) is 1. The van der Waals surface area contributed by atoms with Crippen LogP contribution < -0.4 is 29.0 Å². The number of methoxy groups -OCH3 is 4. The van der Waals surface area contributed by atoms with Crippen molar-refractivity contribution in [3.8, 4) is 28.7 Å². The van der Waals surface area contributed by atoms with Crippen molar-refractivity contribution in [1.82, 2.24) is 5.32 Å². The minimum atomic E-state index is -0.617. The first-order valence-electron chi connectivity index (χ1n) is 8.93. The normalized spacial score (nSPS) is 11.3. The van der Waals surface area contributed by atoms with Gasteiger partial charge in [0.05, 0.1) is 28.4 Å². The molecule has 1 atom stereocenters. The summed E-state index contributed by atoms with van der Waals surface area (Å²) in [7, 11) is 6.23. The van der Waals surface area contributed by atoms with E-state index in [1.54, 1.807) is 52.7 Å². The van der Waals surface area contributed by atoms with Crippen LogP contribution in [-0.2, 0) is 11.3 Å². The maximum Gasteiger partial charge on any atom is 0.261 e. The molecule has 2 aromatic carbocycles. The lowest BCUT2D eigenvalue weighted by Crippen LogP contribution is -2.37. The fraction of sp³-hybridized carbons (Fsp3) is 0.381. The molecule has 2 aromatic rings. The minimum absolute atomic E-state index is 0.209. The van der Waals surface area contributed by atoms with E-state index in [0.717, 1.165) is 5.56 Å². The molecule has 0 unspecified atom stereocenters. The van der Waals surface area contributed by atoms with Gasteiger partial charge in [-0.1, -0.05) is 13.0 Å². The summed E-state index contributed by atoms with van der Waals surface area (Å²) in [6.07, 6.45) is -0.0904. The average molecular weight is 389 g/mol. The van der Waals surface area contributed by atoms with Gasteiger partial charge >= 0.3 is 0 Å². The standard InChI is InChI=1S/C21H27NO6/c1-6-17(28-16-9-7-8-15(12-16)24-2)21(23)22-13-14-10-18(25-3)20(27-5)19(11-14)26-4/h7-12,17H,6,13H2,1-5H3,(H,22,23)/t17-/m0/s1. The monoisotopic (exact) mass is 389 g/mol. The second kappa shape index (κ2) is 10.3. The van der Waals surface area contributed by atoms with Crippen LogP contribution in [0.1, 0.15) is 18.9 Å². The number of carbonyl (C=O) groups excluding carboxylic acids is 1. The van der Waals surface area contributed by atoms with Crippen molar-refractivity contribution in [2.75, 3.05) is 28.4 Å². The Morgan fingerprint density at radius 3 is 2.11 bits per heavy atom. The van der Waals surface area contributed by atoms with E-state index in [0.29, 0.717) is 41.7 Å². The Morgan fingerprint density at radius 1 is 0.929 bits per heavy atom. The molecule has 7 heteroatoms. The van der Waals surface area contributed by atoms with E-state index in [4.69, 9.17) is 23.7 Å². The van der Waals surface area contributed by atoms with Gasteiger partial charge in [-0.05, 0) is 36.2 Å². The maximum atomic E-state index is 12.6. The van der Waals surface area contributed by atoms with Crippen molar-refractivity contribution in [2.45, 2.75) is 26.0 Å². The number of amides is 1. The summed E-state index contributed by atoms with van der Waals surface area (Å²) in [4.78, 5) is 12.6. The number of carbonyl (C=O) groups is 1. The van der Waals surface area contributed by atoms with Gasteiger partial charge in [-0.3, -0.25) is 4.79 Å². The van der Waals surface area contributed by atoms with Crippen LogP contribution in [0.4, 0.5) is 0 Å². The zero-order valence-corrected chi connectivity index (χ0v) is 16.9. The van der Waals surface area contributed by atoms with E-state index >= 15 is 0 Å². The predicted molar refractivity (Wildman–Crippen MR) is 106 cm³/mol. The van der Waals surface area contributed by atoms with Crippen LogP contribution in [0, 0.1) is 0 Å². The van der Waals surface area contributed by atoms with Gasteiger partial charge in [0, 0.05) is 12.6 Å². The topological polar surface area (TPSA) is 75.3 Å². The molecule has 0 bridgehead atoms. The lowest BCUT2D eigenvalue weighted by atomic mass is 10.1. The summed E-state index contributed by atoms with van der Waals surface area (Å²) < 4.78 is 27.0. The van der Waals surface area contributed by atoms with E-state index in [-0.39, 0.29) is 5.91 Å². The Labute approximate surface area is 165 Å². The molecular formula is C21H27NO6. The zero-order chi connectivity index (χ0) is 20.5. The molecule has 2 rings (SSSR count). The first-order valence-corrected chi connectivity index (χ1v) is 8.93. The molecule has 1 amide bonds. The van der Waals surface area contributed by atoms with Crippen LogP contribution in [0.25, 0.3) is 0 Å². The van der Waals surface area contributed by atoms with Crippen LogP contribution in [0.15, 0.2) is 36.4 Å². The summed E-state index contributed by atoms with van der Waals surface area (Å²) in [5, 5.41) is 2.89. The molecule has 0 spiro atoms. The quantitative estimate of drug-likeness (QED) is 0.673. The Bertz CT molecular complexity index is 767. The Balaban J connectivity index is 2.06. The lowest BCUT2D eigenvalue weighted by Gasteiger charge is -2.18. The SMILES string of the molecule is CC[C@H](Oc1cccc(OC)c1)C(=O)NCc1cc(OC)c(OC)c(OC)c1. The summed E-state index contributed by atoms with van der Waals surface area (Å²) in [5.41, 5.74) is 0.819. The highest BCUT2D eigenvalue weighted by Gasteiger charge is 2.19. The predicted octanol–water partition coefficient (Wildman–Crippen LogP) is 3.19. The summed E-state index contributed by atoms with van der Waals surface area (Å²) in [5.74, 6) is 2.61. The van der Waals surface area contributed by atoms with Crippen LogP contribution in [0.3, 0.4) is 0 Å². The van der Waals surface area contributed by atoms with Crippen molar-refractivity contribution in [3.05, 3.63) is 42.0 Å². The van der Waals surface area contributed by atoms with Crippen LogP contribution >= 0.6 is 0 Å². The molecule has 0 aliphatic heterocycles. The fourth-order valence-electron chi connectivity index (χ4n) is 2.70. The number of benzene rings is 2. The number of hydrogen-bond acceptors (Lipinski definition) is 6. The van der Waals surface area contributed by atoms with Crippen molar-refractivity contribution >= 4 is 5.91 Å². The molecule has 0 heterocycles. The van der Waals surface area contributed by atoms with Crippen molar-refractivity contribution in [3.63, 3.8) is 0 Å². The molecule has 152 valence electrons. The Hall–Kier alpha value is -3.09. The average Bonchev–Trinajstić information content (AvgIpc) is 2.74. The summed E-state index contributed by atoms with van der Waals surface area (Å²) >= 11 is 0. The zero-order valence-electron chi connectivity index (χ0n) is 16.9. The molecule has 0 saturated carbocycles. The first-order chi connectivity index (χ1) is 13.6. The van der Waals surface area contributed by atoms with Gasteiger partial charge < -0.3 is 29.0 Å². The Kier molecular flexibility index (Phi) is 7.80. The molecule has 0 saturated heterocycles. The third-order valence-corrected chi connectivity index (χ3v) is 4.17. The third kappa shape index (κ3) is 5.22. The fourth-order valence-corrected chi connectivity index (χ4v) is 2.70. The highest BCUT2D eigenvalue weighted by molar-refractivity contribution is 5.81. The summed E-state index contributed by atoms with van der Waals surface area (Å²) in [6, 6.07) is 10.8. The number of rotatable bonds is 10. The molecule has 7 nitrogen and oxygen atoms in total. The highest BCUT2D eigenvalue weighted by Crippen LogP contribution is 2.38. The van der Waals surface area contributed by atoms with Crippen LogP contribution in [-0.4, -0.2) is 40.5 Å². The van der Waals surface area contributed by atoms with Gasteiger partial charge in [-0.2, -0.15) is 0 Å². The number of ether oxygens (including phenoxy) is 5. The van der Waals surface area contributed by atoms with Crippen molar-refractivity contribution in [2.24, 2.45) is 0 Å². The molecule has 0 aromatic heterocycles. The largest absolute Gasteiger partial charge is 0.497 e. The molecule has 0 fully saturated rings. The molecule has 1 N–H and O–H groups in total. The van der Waals surface area contributed by atoms with E-state index in [2.05, 4.69) is 5.32 Å². The van der Waals surface area contributed by atoms with Gasteiger partial charge in [-0.15, -0.1) is 0 Å². The first kappa shape index (κ1) is 21.2. The van der Waals surface area contributed by atoms with Gasteiger partial charge in [0.25, 0.3) is 5.91 Å². The summed E-state index contributed by atoms with van der Waals surface area (Å²) in [6.45, 7) is 2.19. The van der Waals surface area contributed by atoms with E-state index < -0.39 is 6.10 Å². The third-order valence-electron chi connectivity index (χ3n) is 4.17. The smallest absolute Gasteiger partial charge is 0.261 e. The van der Waals surface area contributed by atoms with Gasteiger partial charge in [0.2, 0.25) is 5.75 Å².